The van der Waals surface area contributed by atoms with Crippen molar-refractivity contribution >= 4 is 11.8 Å². The van der Waals surface area contributed by atoms with Crippen molar-refractivity contribution in [2.45, 2.75) is 37.1 Å². The van der Waals surface area contributed by atoms with Gasteiger partial charge in [-0.25, -0.2) is 0 Å². The fourth-order valence-corrected chi connectivity index (χ4v) is 5.59. The van der Waals surface area contributed by atoms with Gasteiger partial charge in [-0.15, -0.1) is 0 Å². The first-order valence-corrected chi connectivity index (χ1v) is 13.5. The van der Waals surface area contributed by atoms with Gasteiger partial charge in [-0.1, -0.05) is 121 Å². The molecular formula is C34H34N2O2. The van der Waals surface area contributed by atoms with Gasteiger partial charge >= 0.3 is 0 Å². The Morgan fingerprint density at radius 3 is 1.61 bits per heavy atom. The second kappa shape index (κ2) is 12.4. The van der Waals surface area contributed by atoms with Gasteiger partial charge in [0.1, 0.15) is 6.04 Å². The van der Waals surface area contributed by atoms with Crippen molar-refractivity contribution < 1.29 is 9.59 Å². The molecule has 0 saturated carbocycles. The quantitative estimate of drug-likeness (QED) is 0.299. The van der Waals surface area contributed by atoms with Gasteiger partial charge in [-0.2, -0.15) is 0 Å². The minimum atomic E-state index is -0.440. The molecule has 38 heavy (non-hydrogen) atoms. The van der Waals surface area contributed by atoms with E-state index in [1.165, 1.54) is 11.1 Å². The van der Waals surface area contributed by atoms with Gasteiger partial charge in [0.2, 0.25) is 11.8 Å². The van der Waals surface area contributed by atoms with Crippen LogP contribution in [0.4, 0.5) is 0 Å². The van der Waals surface area contributed by atoms with Crippen molar-refractivity contribution in [3.63, 3.8) is 0 Å². The summed E-state index contributed by atoms with van der Waals surface area (Å²) in [4.78, 5) is 29.2. The van der Waals surface area contributed by atoms with Gasteiger partial charge in [0.25, 0.3) is 0 Å². The lowest BCUT2D eigenvalue weighted by molar-refractivity contribution is -0.138. The van der Waals surface area contributed by atoms with Crippen molar-refractivity contribution in [1.29, 1.82) is 0 Å². The molecular weight excluding hydrogens is 468 g/mol. The molecule has 4 nitrogen and oxygen atoms in total. The summed E-state index contributed by atoms with van der Waals surface area (Å²) in [5, 5.41) is 3.17. The standard InChI is InChI=1S/C34H34N2O2/c37-33(35-24-23-30(26-14-5-1-6-15-26)27-16-7-2-8-17-27)31-22-13-25-36(31)34(38)32(28-18-9-3-10-19-28)29-20-11-4-12-21-29/h1-12,14-21,30-32H,13,22-25H2,(H,35,37). The highest BCUT2D eigenvalue weighted by molar-refractivity contribution is 5.93. The Hall–Kier alpha value is -4.18. The molecule has 0 aliphatic carbocycles. The van der Waals surface area contributed by atoms with Gasteiger partial charge in [0, 0.05) is 19.0 Å². The average molecular weight is 503 g/mol. The monoisotopic (exact) mass is 502 g/mol. The Kier molecular flexibility index (Phi) is 8.29. The van der Waals surface area contributed by atoms with Crippen molar-refractivity contribution in [2.75, 3.05) is 13.1 Å². The summed E-state index contributed by atoms with van der Waals surface area (Å²) in [6.45, 7) is 1.15. The Balaban J connectivity index is 1.29. The van der Waals surface area contributed by atoms with Crippen LogP contribution in [-0.2, 0) is 9.59 Å². The molecule has 4 aromatic carbocycles. The number of amides is 2. The lowest BCUT2D eigenvalue weighted by atomic mass is 9.88. The summed E-state index contributed by atoms with van der Waals surface area (Å²) in [6, 6.07) is 40.1. The highest BCUT2D eigenvalue weighted by Crippen LogP contribution is 2.31. The van der Waals surface area contributed by atoms with Gasteiger partial charge in [0.05, 0.1) is 5.92 Å². The summed E-state index contributed by atoms with van der Waals surface area (Å²) < 4.78 is 0. The van der Waals surface area contributed by atoms with E-state index in [2.05, 4.69) is 53.8 Å². The molecule has 0 aromatic heterocycles. The second-order valence-corrected chi connectivity index (χ2v) is 9.90. The molecule has 1 saturated heterocycles. The number of benzene rings is 4. The number of likely N-dealkylation sites (tertiary alicyclic amines) is 1. The summed E-state index contributed by atoms with van der Waals surface area (Å²) in [7, 11) is 0. The van der Waals surface area contributed by atoms with Crippen LogP contribution in [-0.4, -0.2) is 35.8 Å². The topological polar surface area (TPSA) is 49.4 Å². The zero-order chi connectivity index (χ0) is 26.2. The molecule has 1 atom stereocenters. The predicted molar refractivity (Wildman–Crippen MR) is 152 cm³/mol. The maximum Gasteiger partial charge on any atom is 0.242 e. The molecule has 0 bridgehead atoms. The molecule has 1 N–H and O–H groups in total. The summed E-state index contributed by atoms with van der Waals surface area (Å²) in [5.41, 5.74) is 4.37. The minimum absolute atomic E-state index is 0.00787. The summed E-state index contributed by atoms with van der Waals surface area (Å²) >= 11 is 0. The van der Waals surface area contributed by atoms with E-state index in [1.807, 2.05) is 72.8 Å². The molecule has 0 radical (unpaired) electrons. The highest BCUT2D eigenvalue weighted by atomic mass is 16.2. The maximum atomic E-state index is 14.0. The molecule has 4 heteroatoms. The largest absolute Gasteiger partial charge is 0.354 e. The molecule has 1 aliphatic rings. The Bertz CT molecular complexity index is 1230. The average Bonchev–Trinajstić information content (AvgIpc) is 3.48. The highest BCUT2D eigenvalue weighted by Gasteiger charge is 2.38. The molecule has 5 rings (SSSR count). The van der Waals surface area contributed by atoms with Crippen LogP contribution < -0.4 is 5.32 Å². The van der Waals surface area contributed by atoms with Gasteiger partial charge in [-0.05, 0) is 41.5 Å². The fourth-order valence-electron chi connectivity index (χ4n) is 5.59. The predicted octanol–water partition coefficient (Wildman–Crippen LogP) is 6.15. The van der Waals surface area contributed by atoms with Crippen LogP contribution in [0.3, 0.4) is 0 Å². The number of nitrogens with one attached hydrogen (secondary N) is 1. The minimum Gasteiger partial charge on any atom is -0.354 e. The first-order chi connectivity index (χ1) is 18.7. The van der Waals surface area contributed by atoms with E-state index < -0.39 is 12.0 Å². The first-order valence-electron chi connectivity index (χ1n) is 13.5. The molecule has 1 unspecified atom stereocenters. The third-order valence-corrected chi connectivity index (χ3v) is 7.49. The number of rotatable bonds is 9. The number of carbonyl (C=O) groups excluding carboxylic acids is 2. The van der Waals surface area contributed by atoms with Crippen LogP contribution in [0.15, 0.2) is 121 Å². The fraction of sp³-hybridized carbons (Fsp3) is 0.235. The van der Waals surface area contributed by atoms with E-state index in [0.29, 0.717) is 19.5 Å². The maximum absolute atomic E-state index is 14.0. The summed E-state index contributed by atoms with van der Waals surface area (Å²) in [5.74, 6) is -0.298. The van der Waals surface area contributed by atoms with Crippen LogP contribution in [0, 0.1) is 0 Å². The van der Waals surface area contributed by atoms with E-state index in [4.69, 9.17) is 0 Å². The molecule has 1 heterocycles. The first kappa shape index (κ1) is 25.5. The van der Waals surface area contributed by atoms with Crippen LogP contribution in [0.1, 0.15) is 53.4 Å². The van der Waals surface area contributed by atoms with Crippen LogP contribution in [0.25, 0.3) is 0 Å². The third kappa shape index (κ3) is 5.86. The van der Waals surface area contributed by atoms with E-state index in [9.17, 15) is 9.59 Å². The van der Waals surface area contributed by atoms with E-state index in [-0.39, 0.29) is 17.7 Å². The van der Waals surface area contributed by atoms with Gasteiger partial charge in [0.15, 0.2) is 0 Å². The zero-order valence-corrected chi connectivity index (χ0v) is 21.6. The lowest BCUT2D eigenvalue weighted by Crippen LogP contribution is -2.47. The number of hydrogen-bond acceptors (Lipinski definition) is 2. The number of nitrogens with zero attached hydrogens (tertiary/aromatic N) is 1. The number of hydrogen-bond donors (Lipinski definition) is 1. The van der Waals surface area contributed by atoms with Crippen molar-refractivity contribution in [1.82, 2.24) is 10.2 Å². The van der Waals surface area contributed by atoms with Crippen LogP contribution in [0.5, 0.6) is 0 Å². The van der Waals surface area contributed by atoms with Crippen molar-refractivity contribution in [2.24, 2.45) is 0 Å². The van der Waals surface area contributed by atoms with E-state index in [0.717, 1.165) is 24.0 Å². The van der Waals surface area contributed by atoms with E-state index >= 15 is 0 Å². The van der Waals surface area contributed by atoms with Crippen LogP contribution in [0.2, 0.25) is 0 Å². The molecule has 0 spiro atoms. The summed E-state index contributed by atoms with van der Waals surface area (Å²) in [6.07, 6.45) is 2.31. The molecule has 192 valence electrons. The normalized spacial score (nSPS) is 15.1. The second-order valence-electron chi connectivity index (χ2n) is 9.90. The number of carbonyl (C=O) groups is 2. The lowest BCUT2D eigenvalue weighted by Gasteiger charge is -2.29. The SMILES string of the molecule is O=C(NCCC(c1ccccc1)c1ccccc1)C1CCCN1C(=O)C(c1ccccc1)c1ccccc1. The Labute approximate surface area is 225 Å². The van der Waals surface area contributed by atoms with Gasteiger partial charge in [-0.3, -0.25) is 9.59 Å². The van der Waals surface area contributed by atoms with Crippen molar-refractivity contribution in [3.05, 3.63) is 144 Å². The third-order valence-electron chi connectivity index (χ3n) is 7.49. The molecule has 2 amide bonds. The van der Waals surface area contributed by atoms with E-state index in [1.54, 1.807) is 4.90 Å². The Morgan fingerprint density at radius 2 is 1.13 bits per heavy atom. The Morgan fingerprint density at radius 1 is 0.684 bits per heavy atom. The molecule has 4 aromatic rings. The smallest absolute Gasteiger partial charge is 0.242 e. The zero-order valence-electron chi connectivity index (χ0n) is 21.6. The molecule has 1 fully saturated rings. The van der Waals surface area contributed by atoms with Crippen LogP contribution >= 0.6 is 0 Å². The molecule has 1 aliphatic heterocycles. The van der Waals surface area contributed by atoms with Gasteiger partial charge < -0.3 is 10.2 Å². The van der Waals surface area contributed by atoms with Crippen molar-refractivity contribution in [3.8, 4) is 0 Å².